The van der Waals surface area contributed by atoms with Gasteiger partial charge in [-0.15, -0.1) is 6.58 Å². The van der Waals surface area contributed by atoms with Crippen LogP contribution in [0.5, 0.6) is 0 Å². The van der Waals surface area contributed by atoms with E-state index in [1.54, 1.807) is 0 Å². The maximum Gasteiger partial charge on any atom is 0.330 e. The van der Waals surface area contributed by atoms with Crippen LogP contribution in [0.3, 0.4) is 0 Å². The molecule has 0 aromatic heterocycles. The van der Waals surface area contributed by atoms with Crippen molar-refractivity contribution in [1.82, 2.24) is 0 Å². The molecular weight excluding hydrogens is 196 g/mol. The second-order valence-corrected chi connectivity index (χ2v) is 2.99. The largest absolute Gasteiger partial charge is 0.466 e. The molecule has 0 amide bonds. The highest BCUT2D eigenvalue weighted by Gasteiger charge is 2.12. The Balaban J connectivity index is 4.71. The van der Waals surface area contributed by atoms with Crippen LogP contribution in [0.15, 0.2) is 24.3 Å². The quantitative estimate of drug-likeness (QED) is 0.286. The van der Waals surface area contributed by atoms with Crippen molar-refractivity contribution in [2.24, 2.45) is 0 Å². The number of esters is 1. The van der Waals surface area contributed by atoms with Gasteiger partial charge in [-0.2, -0.15) is 0 Å². The molecule has 0 fully saturated rings. The minimum absolute atomic E-state index is 0.198. The lowest BCUT2D eigenvalue weighted by atomic mass is 10.0. The predicted molar refractivity (Wildman–Crippen MR) is 55.2 cm³/mol. The van der Waals surface area contributed by atoms with Crippen molar-refractivity contribution in [3.8, 4) is 0 Å². The van der Waals surface area contributed by atoms with Crippen LogP contribution in [-0.2, 0) is 19.1 Å². The van der Waals surface area contributed by atoms with Gasteiger partial charge >= 0.3 is 5.97 Å². The maximum absolute atomic E-state index is 11.5. The molecule has 0 aliphatic rings. The van der Waals surface area contributed by atoms with Crippen molar-refractivity contribution in [2.45, 2.75) is 19.8 Å². The first kappa shape index (κ1) is 13.3. The van der Waals surface area contributed by atoms with Crippen molar-refractivity contribution in [3.63, 3.8) is 0 Å². The van der Waals surface area contributed by atoms with E-state index < -0.39 is 5.97 Å². The van der Waals surface area contributed by atoms with Gasteiger partial charge < -0.3 is 4.74 Å². The van der Waals surface area contributed by atoms with E-state index in [-0.39, 0.29) is 30.0 Å². The average Bonchev–Trinajstić information content (AvgIpc) is 2.15. The molecular formula is C11H14O4. The Bertz CT molecular complexity index is 313. The number of carbonyl (C=O) groups excluding carboxylic acids is 3. The highest BCUT2D eigenvalue weighted by molar-refractivity contribution is 6.09. The Morgan fingerprint density at radius 2 is 1.93 bits per heavy atom. The van der Waals surface area contributed by atoms with Crippen LogP contribution in [0.2, 0.25) is 0 Å². The monoisotopic (exact) mass is 210 g/mol. The second kappa shape index (κ2) is 6.70. The fourth-order valence-electron chi connectivity index (χ4n) is 0.950. The van der Waals surface area contributed by atoms with E-state index >= 15 is 0 Å². The summed E-state index contributed by atoms with van der Waals surface area (Å²) in [5, 5.41) is 0. The molecule has 0 aliphatic heterocycles. The zero-order chi connectivity index (χ0) is 11.8. The fourth-order valence-corrected chi connectivity index (χ4v) is 0.950. The zero-order valence-electron chi connectivity index (χ0n) is 8.91. The van der Waals surface area contributed by atoms with Crippen LogP contribution in [0.4, 0.5) is 0 Å². The van der Waals surface area contributed by atoms with E-state index in [4.69, 9.17) is 0 Å². The number of hydrogen-bond donors (Lipinski definition) is 0. The van der Waals surface area contributed by atoms with Crippen LogP contribution in [-0.4, -0.2) is 24.6 Å². The summed E-state index contributed by atoms with van der Waals surface area (Å²) in [6.07, 6.45) is 2.64. The Morgan fingerprint density at radius 3 is 2.33 bits per heavy atom. The number of ketones is 2. The molecule has 4 nitrogen and oxygen atoms in total. The molecule has 0 bridgehead atoms. The van der Waals surface area contributed by atoms with E-state index in [0.29, 0.717) is 0 Å². The molecule has 82 valence electrons. The molecule has 0 unspecified atom stereocenters. The zero-order valence-corrected chi connectivity index (χ0v) is 8.91. The summed E-state index contributed by atoms with van der Waals surface area (Å²) in [4.78, 5) is 33.1. The average molecular weight is 210 g/mol. The van der Waals surface area contributed by atoms with Gasteiger partial charge in [0.1, 0.15) is 5.78 Å². The van der Waals surface area contributed by atoms with Gasteiger partial charge in [0, 0.05) is 11.6 Å². The molecule has 0 saturated heterocycles. The summed E-state index contributed by atoms with van der Waals surface area (Å²) < 4.78 is 4.40. The third-order valence-electron chi connectivity index (χ3n) is 1.63. The molecule has 4 heteroatoms. The van der Waals surface area contributed by atoms with Crippen LogP contribution >= 0.6 is 0 Å². The highest BCUT2D eigenvalue weighted by atomic mass is 16.5. The number of Topliss-reactive ketones (excluding diaryl/α,β-unsaturated/α-hetero) is 2. The first-order valence-corrected chi connectivity index (χ1v) is 4.43. The molecule has 0 aromatic rings. The van der Waals surface area contributed by atoms with Crippen LogP contribution in [0.25, 0.3) is 0 Å². The number of methoxy groups -OCH3 is 1. The van der Waals surface area contributed by atoms with Crippen molar-refractivity contribution < 1.29 is 19.1 Å². The van der Waals surface area contributed by atoms with Gasteiger partial charge in [0.25, 0.3) is 0 Å². The van der Waals surface area contributed by atoms with Gasteiger partial charge in [0.2, 0.25) is 0 Å². The van der Waals surface area contributed by atoms with Gasteiger partial charge in [-0.05, 0) is 13.3 Å². The molecule has 0 saturated carbocycles. The van der Waals surface area contributed by atoms with Crippen molar-refractivity contribution >= 4 is 17.5 Å². The first-order valence-electron chi connectivity index (χ1n) is 4.43. The van der Waals surface area contributed by atoms with E-state index in [0.717, 1.165) is 6.08 Å². The van der Waals surface area contributed by atoms with Crippen molar-refractivity contribution in [1.29, 1.82) is 0 Å². The Labute approximate surface area is 88.6 Å². The molecule has 0 spiro atoms. The molecule has 0 rings (SSSR count). The molecule has 0 aliphatic carbocycles. The van der Waals surface area contributed by atoms with Crippen molar-refractivity contribution in [2.75, 3.05) is 7.11 Å². The number of hydrogen-bond acceptors (Lipinski definition) is 4. The topological polar surface area (TPSA) is 60.4 Å². The van der Waals surface area contributed by atoms with Crippen LogP contribution < -0.4 is 0 Å². The number of allylic oxidation sites excluding steroid dienone is 2. The number of rotatable bonds is 6. The summed E-state index contributed by atoms with van der Waals surface area (Å²) in [5.74, 6) is -1.21. The molecule has 0 heterocycles. The summed E-state index contributed by atoms with van der Waals surface area (Å²) >= 11 is 0. The lowest BCUT2D eigenvalue weighted by Crippen LogP contribution is -2.09. The molecule has 0 radical (unpaired) electrons. The Hall–Kier alpha value is -1.71. The molecule has 15 heavy (non-hydrogen) atoms. The summed E-state index contributed by atoms with van der Waals surface area (Å²) in [5.41, 5.74) is 0.243. The van der Waals surface area contributed by atoms with Crippen LogP contribution in [0, 0.1) is 0 Å². The Morgan fingerprint density at radius 1 is 1.33 bits per heavy atom. The van der Waals surface area contributed by atoms with Gasteiger partial charge in [-0.25, -0.2) is 4.79 Å². The third-order valence-corrected chi connectivity index (χ3v) is 1.63. The lowest BCUT2D eigenvalue weighted by molar-refractivity contribution is -0.135. The molecule has 0 N–H and O–H groups in total. The summed E-state index contributed by atoms with van der Waals surface area (Å²) in [6.45, 7) is 4.79. The minimum Gasteiger partial charge on any atom is -0.466 e. The van der Waals surface area contributed by atoms with E-state index in [1.165, 1.54) is 20.1 Å². The SMILES string of the molecule is C=CCC(=CC(=O)OC)C(=O)CC(C)=O. The van der Waals surface area contributed by atoms with E-state index in [9.17, 15) is 14.4 Å². The van der Waals surface area contributed by atoms with Crippen LogP contribution in [0.1, 0.15) is 19.8 Å². The number of ether oxygens (including phenoxy) is 1. The first-order chi connectivity index (χ1) is 7.01. The van der Waals surface area contributed by atoms with Gasteiger partial charge in [0.15, 0.2) is 5.78 Å². The second-order valence-electron chi connectivity index (χ2n) is 2.99. The van der Waals surface area contributed by atoms with Gasteiger partial charge in [-0.1, -0.05) is 6.08 Å². The highest BCUT2D eigenvalue weighted by Crippen LogP contribution is 2.07. The number of carbonyl (C=O) groups is 3. The van der Waals surface area contributed by atoms with E-state index in [2.05, 4.69) is 11.3 Å². The standard InChI is InChI=1S/C11H14O4/c1-4-5-9(7-11(14)15-3)10(13)6-8(2)12/h4,7H,1,5-6H2,2-3H3. The van der Waals surface area contributed by atoms with E-state index in [1.807, 2.05) is 0 Å². The minimum atomic E-state index is -0.608. The normalized spacial score (nSPS) is 10.7. The molecule has 0 atom stereocenters. The maximum atomic E-state index is 11.5. The fraction of sp³-hybridized carbons (Fsp3) is 0.364. The Kier molecular flexibility index (Phi) is 5.94. The summed E-state index contributed by atoms with van der Waals surface area (Å²) in [6, 6.07) is 0. The lowest BCUT2D eigenvalue weighted by Gasteiger charge is -2.01. The predicted octanol–water partition coefficient (Wildman–Crippen LogP) is 1.21. The molecule has 0 aromatic carbocycles. The summed E-state index contributed by atoms with van der Waals surface area (Å²) in [7, 11) is 1.22. The van der Waals surface area contributed by atoms with Crippen molar-refractivity contribution in [3.05, 3.63) is 24.3 Å². The smallest absolute Gasteiger partial charge is 0.330 e. The van der Waals surface area contributed by atoms with Gasteiger partial charge in [0.05, 0.1) is 13.5 Å². The third kappa shape index (κ3) is 5.57. The van der Waals surface area contributed by atoms with Gasteiger partial charge in [-0.3, -0.25) is 9.59 Å².